The van der Waals surface area contributed by atoms with Crippen LogP contribution in [0.1, 0.15) is 15.4 Å². The van der Waals surface area contributed by atoms with Crippen LogP contribution in [0.25, 0.3) is 10.8 Å². The monoisotopic (exact) mass is 298 g/mol. The highest BCUT2D eigenvalue weighted by atomic mass is 32.1. The highest BCUT2D eigenvalue weighted by Crippen LogP contribution is 2.24. The number of thiazole rings is 1. The average Bonchev–Trinajstić information content (AvgIpc) is 2.99. The van der Waals surface area contributed by atoms with Crippen molar-refractivity contribution in [3.8, 4) is 5.75 Å². The molecule has 0 saturated heterocycles. The fourth-order valence-electron chi connectivity index (χ4n) is 2.16. The van der Waals surface area contributed by atoms with Crippen LogP contribution in [-0.4, -0.2) is 22.5 Å². The topological polar surface area (TPSA) is 62.2 Å². The molecule has 0 atom stereocenters. The molecule has 4 nitrogen and oxygen atoms in total. The normalized spacial score (nSPS) is 10.7. The second-order valence-electron chi connectivity index (χ2n) is 4.65. The molecular formula is C16H14N2O2S. The van der Waals surface area contributed by atoms with Crippen LogP contribution in [-0.2, 0) is 6.42 Å². The number of phenols is 1. The van der Waals surface area contributed by atoms with Gasteiger partial charge in [0.1, 0.15) is 5.75 Å². The summed E-state index contributed by atoms with van der Waals surface area (Å²) in [6.45, 7) is 0.499. The quantitative estimate of drug-likeness (QED) is 0.778. The number of nitrogens with one attached hydrogen (secondary N) is 1. The first-order valence-corrected chi connectivity index (χ1v) is 7.50. The molecule has 0 saturated carbocycles. The molecule has 106 valence electrons. The van der Waals surface area contributed by atoms with Gasteiger partial charge in [0.05, 0.1) is 10.6 Å². The van der Waals surface area contributed by atoms with E-state index < -0.39 is 0 Å². The molecule has 3 aromatic rings. The van der Waals surface area contributed by atoms with Gasteiger partial charge in [-0.2, -0.15) is 0 Å². The molecule has 0 aliphatic heterocycles. The Kier molecular flexibility index (Phi) is 3.83. The van der Waals surface area contributed by atoms with E-state index in [0.29, 0.717) is 18.5 Å². The molecule has 0 fully saturated rings. The summed E-state index contributed by atoms with van der Waals surface area (Å²) in [5, 5.41) is 17.5. The number of aromatic nitrogens is 1. The summed E-state index contributed by atoms with van der Waals surface area (Å²) < 4.78 is 0. The fourth-order valence-corrected chi connectivity index (χ4v) is 2.79. The van der Waals surface area contributed by atoms with Crippen molar-refractivity contribution in [1.82, 2.24) is 10.3 Å². The van der Waals surface area contributed by atoms with E-state index in [0.717, 1.165) is 15.8 Å². The van der Waals surface area contributed by atoms with Gasteiger partial charge in [-0.05, 0) is 22.9 Å². The smallest absolute Gasteiger partial charge is 0.255 e. The molecule has 3 rings (SSSR count). The van der Waals surface area contributed by atoms with Gasteiger partial charge in [-0.3, -0.25) is 4.79 Å². The minimum absolute atomic E-state index is 0.000415. The number of fused-ring (bicyclic) bond motifs is 1. The van der Waals surface area contributed by atoms with Crippen LogP contribution in [0.2, 0.25) is 0 Å². The van der Waals surface area contributed by atoms with E-state index in [1.807, 2.05) is 29.6 Å². The lowest BCUT2D eigenvalue weighted by Gasteiger charge is -2.08. The second kappa shape index (κ2) is 5.93. The molecule has 21 heavy (non-hydrogen) atoms. The Hall–Kier alpha value is -2.40. The Morgan fingerprint density at radius 3 is 2.71 bits per heavy atom. The van der Waals surface area contributed by atoms with Crippen molar-refractivity contribution in [2.75, 3.05) is 6.54 Å². The van der Waals surface area contributed by atoms with Crippen LogP contribution >= 0.6 is 11.3 Å². The SMILES string of the molecule is O=C(NCCc1nccs1)c1cc2ccccc2cc1O. The van der Waals surface area contributed by atoms with Crippen molar-refractivity contribution in [3.63, 3.8) is 0 Å². The third-order valence-electron chi connectivity index (χ3n) is 3.22. The van der Waals surface area contributed by atoms with Gasteiger partial charge in [0.15, 0.2) is 0 Å². The highest BCUT2D eigenvalue weighted by Gasteiger charge is 2.12. The minimum atomic E-state index is -0.269. The predicted octanol–water partition coefficient (Wildman–Crippen LogP) is 2.97. The maximum atomic E-state index is 12.1. The maximum absolute atomic E-state index is 12.1. The summed E-state index contributed by atoms with van der Waals surface area (Å²) >= 11 is 1.56. The van der Waals surface area contributed by atoms with Gasteiger partial charge in [-0.1, -0.05) is 24.3 Å². The van der Waals surface area contributed by atoms with Crippen LogP contribution in [0, 0.1) is 0 Å². The Bertz CT molecular complexity index is 769. The van der Waals surface area contributed by atoms with Gasteiger partial charge in [-0.25, -0.2) is 4.98 Å². The summed E-state index contributed by atoms with van der Waals surface area (Å²) in [4.78, 5) is 16.3. The first kappa shape index (κ1) is 13.6. The molecule has 1 heterocycles. The molecule has 0 unspecified atom stereocenters. The second-order valence-corrected chi connectivity index (χ2v) is 5.63. The van der Waals surface area contributed by atoms with E-state index in [9.17, 15) is 9.90 Å². The van der Waals surface area contributed by atoms with Gasteiger partial charge in [0, 0.05) is 24.5 Å². The number of nitrogens with zero attached hydrogens (tertiary/aromatic N) is 1. The molecular weight excluding hydrogens is 284 g/mol. The molecule has 0 bridgehead atoms. The van der Waals surface area contributed by atoms with E-state index in [1.165, 1.54) is 0 Å². The zero-order chi connectivity index (χ0) is 14.7. The average molecular weight is 298 g/mol. The Labute approximate surface area is 126 Å². The summed E-state index contributed by atoms with van der Waals surface area (Å²) in [5.41, 5.74) is 0.299. The number of hydrogen-bond acceptors (Lipinski definition) is 4. The number of hydrogen-bond donors (Lipinski definition) is 2. The summed E-state index contributed by atoms with van der Waals surface area (Å²) in [7, 11) is 0. The van der Waals surface area contributed by atoms with Gasteiger partial charge >= 0.3 is 0 Å². The minimum Gasteiger partial charge on any atom is -0.507 e. The zero-order valence-corrected chi connectivity index (χ0v) is 12.1. The molecule has 0 spiro atoms. The molecule has 2 N–H and O–H groups in total. The first-order valence-electron chi connectivity index (χ1n) is 6.62. The fraction of sp³-hybridized carbons (Fsp3) is 0.125. The number of phenolic OH excluding ortho intramolecular Hbond substituents is 1. The lowest BCUT2D eigenvalue weighted by molar-refractivity contribution is 0.0951. The van der Waals surface area contributed by atoms with Crippen molar-refractivity contribution in [2.24, 2.45) is 0 Å². The Balaban J connectivity index is 1.73. The summed E-state index contributed by atoms with van der Waals surface area (Å²) in [6.07, 6.45) is 2.44. The number of benzene rings is 2. The van der Waals surface area contributed by atoms with Crippen molar-refractivity contribution >= 4 is 28.0 Å². The Morgan fingerprint density at radius 2 is 2.00 bits per heavy atom. The molecule has 1 amide bonds. The maximum Gasteiger partial charge on any atom is 0.255 e. The van der Waals surface area contributed by atoms with Crippen LogP contribution in [0.4, 0.5) is 0 Å². The van der Waals surface area contributed by atoms with Crippen LogP contribution in [0.15, 0.2) is 48.0 Å². The molecule has 0 radical (unpaired) electrons. The first-order chi connectivity index (χ1) is 10.2. The van der Waals surface area contributed by atoms with Gasteiger partial charge < -0.3 is 10.4 Å². The molecule has 5 heteroatoms. The van der Waals surface area contributed by atoms with E-state index >= 15 is 0 Å². The number of carbonyl (C=O) groups is 1. The van der Waals surface area contributed by atoms with Crippen LogP contribution in [0.3, 0.4) is 0 Å². The van der Waals surface area contributed by atoms with Crippen molar-refractivity contribution in [3.05, 3.63) is 58.5 Å². The highest BCUT2D eigenvalue weighted by molar-refractivity contribution is 7.09. The Morgan fingerprint density at radius 1 is 1.24 bits per heavy atom. The summed E-state index contributed by atoms with van der Waals surface area (Å²) in [6, 6.07) is 11.0. The molecule has 2 aromatic carbocycles. The van der Waals surface area contributed by atoms with E-state index in [-0.39, 0.29) is 11.7 Å². The third-order valence-corrected chi connectivity index (χ3v) is 4.06. The van der Waals surface area contributed by atoms with Crippen molar-refractivity contribution in [1.29, 1.82) is 0 Å². The van der Waals surface area contributed by atoms with Crippen molar-refractivity contribution in [2.45, 2.75) is 6.42 Å². The summed E-state index contributed by atoms with van der Waals surface area (Å²) in [5.74, 6) is -0.268. The lowest BCUT2D eigenvalue weighted by Crippen LogP contribution is -2.25. The predicted molar refractivity (Wildman–Crippen MR) is 83.8 cm³/mol. The molecule has 1 aromatic heterocycles. The zero-order valence-electron chi connectivity index (χ0n) is 11.2. The van der Waals surface area contributed by atoms with Crippen molar-refractivity contribution < 1.29 is 9.90 Å². The molecule has 0 aliphatic carbocycles. The van der Waals surface area contributed by atoms with E-state index in [1.54, 1.807) is 29.7 Å². The standard InChI is InChI=1S/C16H14N2O2S/c19-14-10-12-4-2-1-3-11(12)9-13(14)16(20)18-6-5-15-17-7-8-21-15/h1-4,7-10,19H,5-6H2,(H,18,20). The van der Waals surface area contributed by atoms with Gasteiger partial charge in [-0.15, -0.1) is 11.3 Å². The number of rotatable bonds is 4. The van der Waals surface area contributed by atoms with Crippen LogP contribution < -0.4 is 5.32 Å². The van der Waals surface area contributed by atoms with Gasteiger partial charge in [0.2, 0.25) is 0 Å². The van der Waals surface area contributed by atoms with Gasteiger partial charge in [0.25, 0.3) is 5.91 Å². The number of carbonyl (C=O) groups excluding carboxylic acids is 1. The largest absolute Gasteiger partial charge is 0.507 e. The third kappa shape index (κ3) is 3.03. The number of amides is 1. The van der Waals surface area contributed by atoms with E-state index in [2.05, 4.69) is 10.3 Å². The van der Waals surface area contributed by atoms with E-state index in [4.69, 9.17) is 0 Å². The van der Waals surface area contributed by atoms with Crippen LogP contribution in [0.5, 0.6) is 5.75 Å². The number of aromatic hydroxyl groups is 1. The lowest BCUT2D eigenvalue weighted by atomic mass is 10.1. The molecule has 0 aliphatic rings.